The summed E-state index contributed by atoms with van der Waals surface area (Å²) in [6.07, 6.45) is 0. The Bertz CT molecular complexity index is 1750. The monoisotopic (exact) mass is 431 g/mol. The molecule has 0 bridgehead atoms. The van der Waals surface area contributed by atoms with Gasteiger partial charge < -0.3 is 0 Å². The van der Waals surface area contributed by atoms with Crippen molar-refractivity contribution in [1.82, 2.24) is 15.0 Å². The van der Waals surface area contributed by atoms with Gasteiger partial charge in [-0.05, 0) is 68.6 Å². The molecule has 0 amide bonds. The maximum Gasteiger partial charge on any atom is 0.249 e. The summed E-state index contributed by atoms with van der Waals surface area (Å²) in [5.41, 5.74) is 14.8. The van der Waals surface area contributed by atoms with Gasteiger partial charge in [0.25, 0.3) is 0 Å². The second-order valence-corrected chi connectivity index (χ2v) is 9.10. The molecule has 0 saturated carbocycles. The standard InChI is InChI=1S/C30H18BN3/c1-3-9-19(10-4-1)21-17-23(20-11-5-2-6-12-20)28-24(18-21)22-13-7-16-27-29(22)31(28)25-14-8-15-26-30(25)34(27)33-32-26/h1-18H. The van der Waals surface area contributed by atoms with Gasteiger partial charge in [0.15, 0.2) is 0 Å². The lowest BCUT2D eigenvalue weighted by atomic mass is 9.36. The van der Waals surface area contributed by atoms with Crippen LogP contribution in [0.5, 0.6) is 0 Å². The Balaban J connectivity index is 1.53. The van der Waals surface area contributed by atoms with Crippen LogP contribution in [0.4, 0.5) is 0 Å². The summed E-state index contributed by atoms with van der Waals surface area (Å²) in [7, 11) is 0. The minimum atomic E-state index is 0.163. The first-order chi connectivity index (χ1) is 16.9. The molecule has 0 saturated heterocycles. The maximum absolute atomic E-state index is 4.55. The van der Waals surface area contributed by atoms with E-state index in [1.165, 1.54) is 49.8 Å². The molecule has 0 unspecified atom stereocenters. The third-order valence-corrected chi connectivity index (χ3v) is 7.36. The summed E-state index contributed by atoms with van der Waals surface area (Å²) in [5, 5.41) is 9.03. The van der Waals surface area contributed by atoms with Gasteiger partial charge >= 0.3 is 0 Å². The summed E-state index contributed by atoms with van der Waals surface area (Å²) < 4.78 is 2.03. The molecule has 34 heavy (non-hydrogen) atoms. The fourth-order valence-electron chi connectivity index (χ4n) is 5.97. The Morgan fingerprint density at radius 3 is 2.12 bits per heavy atom. The Hall–Kier alpha value is -4.44. The second-order valence-electron chi connectivity index (χ2n) is 9.10. The molecule has 6 aromatic rings. The van der Waals surface area contributed by atoms with Gasteiger partial charge in [-0.3, -0.25) is 0 Å². The van der Waals surface area contributed by atoms with Crippen LogP contribution >= 0.6 is 0 Å². The van der Waals surface area contributed by atoms with Crippen LogP contribution in [0.3, 0.4) is 0 Å². The Kier molecular flexibility index (Phi) is 3.48. The van der Waals surface area contributed by atoms with Crippen LogP contribution in [0.15, 0.2) is 109 Å². The van der Waals surface area contributed by atoms with E-state index in [2.05, 4.69) is 120 Å². The predicted molar refractivity (Wildman–Crippen MR) is 140 cm³/mol. The molecule has 156 valence electrons. The van der Waals surface area contributed by atoms with Crippen molar-refractivity contribution in [2.45, 2.75) is 0 Å². The average molecular weight is 431 g/mol. The fourth-order valence-corrected chi connectivity index (χ4v) is 5.97. The van der Waals surface area contributed by atoms with Gasteiger partial charge in [-0.1, -0.05) is 95.6 Å². The van der Waals surface area contributed by atoms with E-state index < -0.39 is 0 Å². The van der Waals surface area contributed by atoms with Crippen molar-refractivity contribution in [3.8, 4) is 39.1 Å². The molecule has 3 nitrogen and oxygen atoms in total. The van der Waals surface area contributed by atoms with Crippen LogP contribution < -0.4 is 16.4 Å². The molecule has 0 atom stereocenters. The lowest BCUT2D eigenvalue weighted by Crippen LogP contribution is -2.53. The topological polar surface area (TPSA) is 30.7 Å². The highest BCUT2D eigenvalue weighted by Crippen LogP contribution is 2.37. The Morgan fingerprint density at radius 1 is 0.559 bits per heavy atom. The molecule has 0 radical (unpaired) electrons. The van der Waals surface area contributed by atoms with Crippen LogP contribution in [-0.4, -0.2) is 21.7 Å². The summed E-state index contributed by atoms with van der Waals surface area (Å²) in [4.78, 5) is 0. The minimum absolute atomic E-state index is 0.163. The van der Waals surface area contributed by atoms with E-state index in [-0.39, 0.29) is 6.71 Å². The molecule has 5 aromatic carbocycles. The van der Waals surface area contributed by atoms with Gasteiger partial charge in [0, 0.05) is 0 Å². The van der Waals surface area contributed by atoms with E-state index in [0.29, 0.717) is 0 Å². The highest BCUT2D eigenvalue weighted by molar-refractivity contribution is 7.02. The van der Waals surface area contributed by atoms with Crippen molar-refractivity contribution in [3.05, 3.63) is 109 Å². The molecular weight excluding hydrogens is 413 g/mol. The van der Waals surface area contributed by atoms with Crippen molar-refractivity contribution in [3.63, 3.8) is 0 Å². The Morgan fingerprint density at radius 2 is 1.29 bits per heavy atom. The molecule has 3 heterocycles. The molecular formula is C30H18BN3. The van der Waals surface area contributed by atoms with Gasteiger partial charge in [0.2, 0.25) is 6.71 Å². The highest BCUT2D eigenvalue weighted by atomic mass is 15.4. The zero-order valence-electron chi connectivity index (χ0n) is 18.3. The molecule has 1 aromatic heterocycles. The summed E-state index contributed by atoms with van der Waals surface area (Å²) in [5.74, 6) is 0. The number of aromatic nitrogens is 3. The molecule has 8 rings (SSSR count). The molecule has 2 aliphatic rings. The van der Waals surface area contributed by atoms with Crippen molar-refractivity contribution in [2.75, 3.05) is 0 Å². The third kappa shape index (κ3) is 2.27. The molecule has 0 fully saturated rings. The summed E-state index contributed by atoms with van der Waals surface area (Å²) in [6.45, 7) is 0.163. The number of benzene rings is 5. The van der Waals surface area contributed by atoms with Gasteiger partial charge in [-0.25, -0.2) is 4.68 Å². The van der Waals surface area contributed by atoms with Gasteiger partial charge in [-0.15, -0.1) is 5.10 Å². The molecule has 0 aliphatic carbocycles. The smallest absolute Gasteiger partial charge is 0.214 e. The number of rotatable bonds is 2. The molecule has 2 aliphatic heterocycles. The predicted octanol–water partition coefficient (Wildman–Crippen LogP) is 4.56. The SMILES string of the molecule is c1ccc(-c2cc(-c3ccccc3)c3c(c2)-c2cccc4c2B3c2cccc3nnn-4c23)cc1. The first kappa shape index (κ1) is 18.0. The van der Waals surface area contributed by atoms with Crippen molar-refractivity contribution < 1.29 is 0 Å². The molecule has 0 N–H and O–H groups in total. The van der Waals surface area contributed by atoms with E-state index in [9.17, 15) is 0 Å². The number of para-hydroxylation sites is 1. The lowest BCUT2D eigenvalue weighted by molar-refractivity contribution is 0.827. The van der Waals surface area contributed by atoms with Gasteiger partial charge in [-0.2, -0.15) is 0 Å². The first-order valence-corrected chi connectivity index (χ1v) is 11.7. The summed E-state index contributed by atoms with van der Waals surface area (Å²) in [6, 6.07) is 39.3. The van der Waals surface area contributed by atoms with Gasteiger partial charge in [0.05, 0.1) is 11.2 Å². The number of fused-ring (bicyclic) bond motifs is 5. The van der Waals surface area contributed by atoms with Crippen LogP contribution in [0.2, 0.25) is 0 Å². The normalized spacial score (nSPS) is 12.6. The lowest BCUT2D eigenvalue weighted by Gasteiger charge is -2.23. The number of hydrogen-bond donors (Lipinski definition) is 0. The highest BCUT2D eigenvalue weighted by Gasteiger charge is 2.42. The number of nitrogens with zero attached hydrogens (tertiary/aromatic N) is 3. The maximum atomic E-state index is 4.55. The van der Waals surface area contributed by atoms with E-state index in [0.717, 1.165) is 16.7 Å². The summed E-state index contributed by atoms with van der Waals surface area (Å²) >= 11 is 0. The largest absolute Gasteiger partial charge is 0.249 e. The van der Waals surface area contributed by atoms with E-state index in [1.54, 1.807) is 0 Å². The van der Waals surface area contributed by atoms with Crippen molar-refractivity contribution in [1.29, 1.82) is 0 Å². The van der Waals surface area contributed by atoms with Crippen LogP contribution in [0, 0.1) is 0 Å². The second kappa shape index (κ2) is 6.55. The first-order valence-electron chi connectivity index (χ1n) is 11.7. The van der Waals surface area contributed by atoms with Crippen LogP contribution in [0.25, 0.3) is 50.1 Å². The van der Waals surface area contributed by atoms with Crippen molar-refractivity contribution in [2.24, 2.45) is 0 Å². The van der Waals surface area contributed by atoms with Crippen molar-refractivity contribution >= 4 is 34.1 Å². The fraction of sp³-hybridized carbons (Fsp3) is 0. The average Bonchev–Trinajstić information content (AvgIpc) is 3.49. The quantitative estimate of drug-likeness (QED) is 0.376. The zero-order chi connectivity index (χ0) is 22.2. The Labute approximate surface area is 197 Å². The van der Waals surface area contributed by atoms with Gasteiger partial charge in [0.1, 0.15) is 5.52 Å². The zero-order valence-corrected chi connectivity index (χ0v) is 18.3. The van der Waals surface area contributed by atoms with Crippen LogP contribution in [0.1, 0.15) is 0 Å². The van der Waals surface area contributed by atoms with E-state index >= 15 is 0 Å². The van der Waals surface area contributed by atoms with E-state index in [1.807, 2.05) is 4.68 Å². The number of hydrogen-bond acceptors (Lipinski definition) is 2. The molecule has 4 heteroatoms. The third-order valence-electron chi connectivity index (χ3n) is 7.36. The van der Waals surface area contributed by atoms with Crippen LogP contribution in [-0.2, 0) is 0 Å². The van der Waals surface area contributed by atoms with E-state index in [4.69, 9.17) is 0 Å². The minimum Gasteiger partial charge on any atom is -0.214 e. The molecule has 0 spiro atoms.